The number of aliphatic carboxylic acids is 1. The van der Waals surface area contributed by atoms with Crippen molar-refractivity contribution in [2.45, 2.75) is 39.2 Å². The molecule has 0 spiro atoms. The summed E-state index contributed by atoms with van der Waals surface area (Å²) in [5.74, 6) is -0.198. The lowest BCUT2D eigenvalue weighted by Gasteiger charge is -2.33. The molecule has 1 aliphatic rings. The molecule has 4 heteroatoms. The fourth-order valence-electron chi connectivity index (χ4n) is 2.68. The normalized spacial score (nSPS) is 26.3. The number of hydrogen-bond donors (Lipinski definition) is 2. The van der Waals surface area contributed by atoms with E-state index < -0.39 is 11.4 Å². The maximum absolute atomic E-state index is 11.1. The Morgan fingerprint density at radius 2 is 2.12 bits per heavy atom. The first-order valence-electron chi connectivity index (χ1n) is 6.02. The van der Waals surface area contributed by atoms with Crippen LogP contribution in [0, 0.1) is 11.3 Å². The van der Waals surface area contributed by atoms with Gasteiger partial charge >= 0.3 is 5.97 Å². The van der Waals surface area contributed by atoms with Gasteiger partial charge in [-0.05, 0) is 46.2 Å². The number of hydrogen-bond acceptors (Lipinski definition) is 3. The maximum Gasteiger partial charge on any atom is 0.310 e. The smallest absolute Gasteiger partial charge is 0.310 e. The molecule has 0 heterocycles. The molecule has 16 heavy (non-hydrogen) atoms. The second-order valence-corrected chi connectivity index (χ2v) is 5.60. The largest absolute Gasteiger partial charge is 0.481 e. The van der Waals surface area contributed by atoms with Crippen LogP contribution in [0.2, 0.25) is 0 Å². The third kappa shape index (κ3) is 2.95. The predicted molar refractivity (Wildman–Crippen MR) is 64.2 cm³/mol. The highest BCUT2D eigenvalue weighted by atomic mass is 16.4. The second-order valence-electron chi connectivity index (χ2n) is 5.60. The minimum Gasteiger partial charge on any atom is -0.481 e. The van der Waals surface area contributed by atoms with Crippen LogP contribution in [-0.2, 0) is 4.79 Å². The fraction of sp³-hybridized carbons (Fsp3) is 0.917. The summed E-state index contributed by atoms with van der Waals surface area (Å²) in [5.41, 5.74) is 5.06. The molecule has 1 rings (SSSR count). The van der Waals surface area contributed by atoms with E-state index in [1.807, 2.05) is 7.05 Å². The lowest BCUT2D eigenvalue weighted by Crippen LogP contribution is -2.44. The lowest BCUT2D eigenvalue weighted by molar-refractivity contribution is -0.148. The Bertz CT molecular complexity index is 253. The van der Waals surface area contributed by atoms with E-state index in [1.54, 1.807) is 13.8 Å². The highest BCUT2D eigenvalue weighted by molar-refractivity contribution is 5.73. The molecule has 3 N–H and O–H groups in total. The van der Waals surface area contributed by atoms with Crippen molar-refractivity contribution in [2.75, 3.05) is 20.1 Å². The number of carboxylic acids is 1. The SMILES string of the molecule is CN(CC(C)(C)C(=O)O)C1CCCC1CN. The molecule has 0 aromatic carbocycles. The fourth-order valence-corrected chi connectivity index (χ4v) is 2.68. The van der Waals surface area contributed by atoms with Gasteiger partial charge in [-0.2, -0.15) is 0 Å². The minimum atomic E-state index is -0.735. The molecule has 0 radical (unpaired) electrons. The first kappa shape index (κ1) is 13.5. The van der Waals surface area contributed by atoms with Crippen molar-refractivity contribution >= 4 is 5.97 Å². The third-order valence-corrected chi connectivity index (χ3v) is 3.71. The molecular weight excluding hydrogens is 204 g/mol. The van der Waals surface area contributed by atoms with E-state index in [4.69, 9.17) is 10.8 Å². The Balaban J connectivity index is 2.58. The van der Waals surface area contributed by atoms with Gasteiger partial charge in [-0.1, -0.05) is 6.42 Å². The monoisotopic (exact) mass is 228 g/mol. The number of carbonyl (C=O) groups is 1. The zero-order valence-electron chi connectivity index (χ0n) is 10.6. The number of rotatable bonds is 5. The molecule has 4 nitrogen and oxygen atoms in total. The van der Waals surface area contributed by atoms with Gasteiger partial charge in [-0.3, -0.25) is 4.79 Å². The van der Waals surface area contributed by atoms with E-state index in [0.717, 1.165) is 6.42 Å². The summed E-state index contributed by atoms with van der Waals surface area (Å²) in [6, 6.07) is 0.462. The van der Waals surface area contributed by atoms with Gasteiger partial charge in [0.25, 0.3) is 0 Å². The van der Waals surface area contributed by atoms with Crippen LogP contribution in [0.4, 0.5) is 0 Å². The van der Waals surface area contributed by atoms with Crippen molar-refractivity contribution in [1.82, 2.24) is 4.90 Å². The molecular formula is C12H24N2O2. The predicted octanol–water partition coefficient (Wildman–Crippen LogP) is 1.16. The molecule has 0 saturated heterocycles. The van der Waals surface area contributed by atoms with Crippen molar-refractivity contribution in [3.8, 4) is 0 Å². The van der Waals surface area contributed by atoms with Gasteiger partial charge in [0, 0.05) is 12.6 Å². The van der Waals surface area contributed by atoms with Crippen LogP contribution in [0.25, 0.3) is 0 Å². The average molecular weight is 228 g/mol. The Morgan fingerprint density at radius 3 is 2.62 bits per heavy atom. The molecule has 1 aliphatic carbocycles. The summed E-state index contributed by atoms with van der Waals surface area (Å²) >= 11 is 0. The zero-order chi connectivity index (χ0) is 12.3. The number of carboxylic acid groups (broad SMARTS) is 1. The molecule has 1 fully saturated rings. The lowest BCUT2D eigenvalue weighted by atomic mass is 9.91. The van der Waals surface area contributed by atoms with Crippen LogP contribution in [-0.4, -0.2) is 42.2 Å². The van der Waals surface area contributed by atoms with E-state index in [0.29, 0.717) is 25.0 Å². The maximum atomic E-state index is 11.1. The van der Waals surface area contributed by atoms with E-state index in [1.165, 1.54) is 12.8 Å². The molecule has 0 aromatic rings. The molecule has 2 unspecified atom stereocenters. The molecule has 0 aromatic heterocycles. The molecule has 2 atom stereocenters. The van der Waals surface area contributed by atoms with E-state index in [2.05, 4.69) is 4.90 Å². The third-order valence-electron chi connectivity index (χ3n) is 3.71. The highest BCUT2D eigenvalue weighted by Gasteiger charge is 2.35. The van der Waals surface area contributed by atoms with Gasteiger partial charge in [0.1, 0.15) is 0 Å². The zero-order valence-corrected chi connectivity index (χ0v) is 10.6. The van der Waals surface area contributed by atoms with Crippen LogP contribution in [0.15, 0.2) is 0 Å². The Morgan fingerprint density at radius 1 is 1.50 bits per heavy atom. The van der Waals surface area contributed by atoms with Crippen molar-refractivity contribution < 1.29 is 9.90 Å². The number of nitrogens with zero attached hydrogens (tertiary/aromatic N) is 1. The standard InChI is InChI=1S/C12H24N2O2/c1-12(2,11(15)16)8-14(3)10-6-4-5-9(10)7-13/h9-10H,4-8,13H2,1-3H3,(H,15,16). The van der Waals surface area contributed by atoms with Crippen LogP contribution in [0.3, 0.4) is 0 Å². The Hall–Kier alpha value is -0.610. The van der Waals surface area contributed by atoms with Gasteiger partial charge in [0.15, 0.2) is 0 Å². The molecule has 94 valence electrons. The van der Waals surface area contributed by atoms with E-state index >= 15 is 0 Å². The van der Waals surface area contributed by atoms with Crippen LogP contribution < -0.4 is 5.73 Å². The van der Waals surface area contributed by atoms with E-state index in [-0.39, 0.29) is 0 Å². The summed E-state index contributed by atoms with van der Waals surface area (Å²) in [5, 5.41) is 9.10. The molecule has 0 bridgehead atoms. The summed E-state index contributed by atoms with van der Waals surface area (Å²) in [4.78, 5) is 13.3. The first-order chi connectivity index (χ1) is 7.38. The van der Waals surface area contributed by atoms with Gasteiger partial charge in [-0.15, -0.1) is 0 Å². The Labute approximate surface area is 97.8 Å². The highest BCUT2D eigenvalue weighted by Crippen LogP contribution is 2.30. The van der Waals surface area contributed by atoms with Crippen molar-refractivity contribution in [1.29, 1.82) is 0 Å². The summed E-state index contributed by atoms with van der Waals surface area (Å²) in [7, 11) is 2.02. The molecule has 1 saturated carbocycles. The van der Waals surface area contributed by atoms with Crippen molar-refractivity contribution in [3.05, 3.63) is 0 Å². The number of nitrogens with two attached hydrogens (primary N) is 1. The van der Waals surface area contributed by atoms with Gasteiger partial charge in [-0.25, -0.2) is 0 Å². The van der Waals surface area contributed by atoms with Crippen LogP contribution in [0.1, 0.15) is 33.1 Å². The topological polar surface area (TPSA) is 66.6 Å². The van der Waals surface area contributed by atoms with Crippen molar-refractivity contribution in [2.24, 2.45) is 17.1 Å². The minimum absolute atomic E-state index is 0.462. The summed E-state index contributed by atoms with van der Waals surface area (Å²) in [6.07, 6.45) is 3.54. The Kier molecular flexibility index (Phi) is 4.33. The van der Waals surface area contributed by atoms with E-state index in [9.17, 15) is 4.79 Å². The van der Waals surface area contributed by atoms with Gasteiger partial charge < -0.3 is 15.7 Å². The molecule has 0 aliphatic heterocycles. The molecule has 0 amide bonds. The van der Waals surface area contributed by atoms with Crippen LogP contribution >= 0.6 is 0 Å². The summed E-state index contributed by atoms with van der Waals surface area (Å²) in [6.45, 7) is 4.85. The first-order valence-corrected chi connectivity index (χ1v) is 6.02. The second kappa shape index (κ2) is 5.15. The summed E-state index contributed by atoms with van der Waals surface area (Å²) < 4.78 is 0. The quantitative estimate of drug-likeness (QED) is 0.741. The van der Waals surface area contributed by atoms with Crippen LogP contribution in [0.5, 0.6) is 0 Å². The van der Waals surface area contributed by atoms with Crippen molar-refractivity contribution in [3.63, 3.8) is 0 Å². The van der Waals surface area contributed by atoms with Gasteiger partial charge in [0.2, 0.25) is 0 Å². The average Bonchev–Trinajstić information content (AvgIpc) is 2.64. The van der Waals surface area contributed by atoms with Gasteiger partial charge in [0.05, 0.1) is 5.41 Å².